The van der Waals surface area contributed by atoms with E-state index in [0.717, 1.165) is 38.7 Å². The Hall–Kier alpha value is -0.790. The summed E-state index contributed by atoms with van der Waals surface area (Å²) in [6, 6.07) is 0. The molecule has 0 N–H and O–H groups in total. The average Bonchev–Trinajstić information content (AvgIpc) is 2.25. The monoisotopic (exact) mass is 208 g/mol. The van der Waals surface area contributed by atoms with E-state index < -0.39 is 0 Å². The van der Waals surface area contributed by atoms with Crippen molar-refractivity contribution in [1.29, 1.82) is 0 Å². The quantitative estimate of drug-likeness (QED) is 0.696. The molecule has 0 aliphatic heterocycles. The molecular weight excluding hydrogens is 188 g/mol. The van der Waals surface area contributed by atoms with Crippen LogP contribution >= 0.6 is 0 Å². The number of carbonyl (C=O) groups excluding carboxylic acids is 1. The van der Waals surface area contributed by atoms with Gasteiger partial charge in [0.2, 0.25) is 0 Å². The number of rotatable bonds is 2. The fraction of sp³-hybridized carbons (Fsp3) is 0.769. The maximum absolute atomic E-state index is 11.5. The van der Waals surface area contributed by atoms with Crippen LogP contribution in [0.15, 0.2) is 11.3 Å². The summed E-state index contributed by atoms with van der Waals surface area (Å²) in [6.45, 7) is 2.82. The molecule has 2 rings (SSSR count). The van der Waals surface area contributed by atoms with Crippen molar-refractivity contribution < 1.29 is 9.53 Å². The third-order valence-corrected chi connectivity index (χ3v) is 3.53. The summed E-state index contributed by atoms with van der Waals surface area (Å²) in [5.74, 6) is 2.23. The minimum Gasteiger partial charge on any atom is -0.498 e. The van der Waals surface area contributed by atoms with Gasteiger partial charge in [-0.3, -0.25) is 4.79 Å². The van der Waals surface area contributed by atoms with Crippen molar-refractivity contribution in [2.45, 2.75) is 51.9 Å². The highest BCUT2D eigenvalue weighted by molar-refractivity contribution is 5.78. The lowest BCUT2D eigenvalue weighted by Gasteiger charge is -2.30. The van der Waals surface area contributed by atoms with Gasteiger partial charge < -0.3 is 4.74 Å². The zero-order valence-corrected chi connectivity index (χ0v) is 9.55. The topological polar surface area (TPSA) is 26.3 Å². The summed E-state index contributed by atoms with van der Waals surface area (Å²) in [5.41, 5.74) is 1.43. The van der Waals surface area contributed by atoms with E-state index in [0.29, 0.717) is 11.7 Å². The third kappa shape index (κ3) is 2.42. The van der Waals surface area contributed by atoms with E-state index in [1.807, 2.05) is 6.92 Å². The van der Waals surface area contributed by atoms with Crippen LogP contribution in [-0.4, -0.2) is 12.4 Å². The lowest BCUT2D eigenvalue weighted by molar-refractivity contribution is -0.119. The van der Waals surface area contributed by atoms with Crippen LogP contribution in [0.4, 0.5) is 0 Å². The molecule has 2 bridgehead atoms. The first-order chi connectivity index (χ1) is 7.31. The summed E-state index contributed by atoms with van der Waals surface area (Å²) >= 11 is 0. The zero-order valence-electron chi connectivity index (χ0n) is 9.55. The average molecular weight is 208 g/mol. The molecule has 0 aromatic rings. The minimum atomic E-state index is 0.440. The number of Topliss-reactive ketones (excluding diaryl/α,β-unsaturated/α-hetero) is 1. The smallest absolute Gasteiger partial charge is 0.133 e. The highest BCUT2D eigenvalue weighted by atomic mass is 16.5. The van der Waals surface area contributed by atoms with Gasteiger partial charge in [0, 0.05) is 18.8 Å². The summed E-state index contributed by atoms with van der Waals surface area (Å²) in [7, 11) is 0. The Labute approximate surface area is 91.7 Å². The van der Waals surface area contributed by atoms with Crippen LogP contribution in [0.3, 0.4) is 0 Å². The first-order valence-electron chi connectivity index (χ1n) is 6.17. The normalized spacial score (nSPS) is 27.3. The number of fused-ring (bicyclic) bond motifs is 1. The first-order valence-corrected chi connectivity index (χ1v) is 6.17. The molecule has 0 fully saturated rings. The molecule has 1 unspecified atom stereocenters. The maximum Gasteiger partial charge on any atom is 0.133 e. The Kier molecular flexibility index (Phi) is 3.45. The van der Waals surface area contributed by atoms with E-state index in [4.69, 9.17) is 4.74 Å². The molecule has 0 saturated heterocycles. The third-order valence-electron chi connectivity index (χ3n) is 3.53. The highest BCUT2D eigenvalue weighted by Crippen LogP contribution is 2.37. The number of hydrogen-bond donors (Lipinski definition) is 0. The Morgan fingerprint density at radius 1 is 1.20 bits per heavy atom. The van der Waals surface area contributed by atoms with Crippen LogP contribution in [-0.2, 0) is 9.53 Å². The largest absolute Gasteiger partial charge is 0.498 e. The van der Waals surface area contributed by atoms with Gasteiger partial charge in [0.1, 0.15) is 5.78 Å². The second kappa shape index (κ2) is 4.82. The fourth-order valence-electron chi connectivity index (χ4n) is 2.75. The van der Waals surface area contributed by atoms with Crippen LogP contribution in [0.2, 0.25) is 0 Å². The van der Waals surface area contributed by atoms with Crippen molar-refractivity contribution in [1.82, 2.24) is 0 Å². The number of ketones is 1. The van der Waals surface area contributed by atoms with Gasteiger partial charge in [-0.25, -0.2) is 0 Å². The van der Waals surface area contributed by atoms with E-state index in [-0.39, 0.29) is 0 Å². The molecule has 0 aromatic heterocycles. The van der Waals surface area contributed by atoms with Crippen molar-refractivity contribution >= 4 is 5.78 Å². The minimum absolute atomic E-state index is 0.440. The Bertz CT molecular complexity index is 278. The zero-order chi connectivity index (χ0) is 10.7. The molecule has 1 atom stereocenters. The van der Waals surface area contributed by atoms with E-state index in [9.17, 15) is 4.79 Å². The Morgan fingerprint density at radius 3 is 2.87 bits per heavy atom. The summed E-state index contributed by atoms with van der Waals surface area (Å²) in [5, 5.41) is 0. The van der Waals surface area contributed by atoms with Crippen molar-refractivity contribution in [2.24, 2.45) is 5.92 Å². The lowest BCUT2D eigenvalue weighted by Crippen LogP contribution is -2.19. The molecule has 84 valence electrons. The maximum atomic E-state index is 11.5. The molecule has 2 aliphatic rings. The van der Waals surface area contributed by atoms with E-state index in [1.165, 1.54) is 24.2 Å². The highest BCUT2D eigenvalue weighted by Gasteiger charge is 2.27. The SMILES string of the molecule is CCOC1=C2CCCC1CCC(=O)CC2. The molecule has 2 nitrogen and oxygen atoms in total. The number of ether oxygens (including phenoxy) is 1. The predicted molar refractivity (Wildman–Crippen MR) is 59.5 cm³/mol. The molecular formula is C13H20O2. The van der Waals surface area contributed by atoms with Crippen molar-refractivity contribution in [3.05, 3.63) is 11.3 Å². The Morgan fingerprint density at radius 2 is 2.07 bits per heavy atom. The number of carbonyl (C=O) groups is 1. The van der Waals surface area contributed by atoms with Crippen LogP contribution in [0.5, 0.6) is 0 Å². The first kappa shape index (κ1) is 10.7. The second-order valence-electron chi connectivity index (χ2n) is 4.57. The number of allylic oxidation sites excluding steroid dienone is 2. The van der Waals surface area contributed by atoms with Gasteiger partial charge >= 0.3 is 0 Å². The van der Waals surface area contributed by atoms with Gasteiger partial charge in [-0.15, -0.1) is 0 Å². The van der Waals surface area contributed by atoms with Gasteiger partial charge in [-0.1, -0.05) is 0 Å². The molecule has 0 amide bonds. The molecule has 0 radical (unpaired) electrons. The number of hydrogen-bond acceptors (Lipinski definition) is 2. The van der Waals surface area contributed by atoms with Crippen LogP contribution in [0.25, 0.3) is 0 Å². The standard InChI is InChI=1S/C13H20O2/c1-2-15-13-10-4-3-5-11(13)7-9-12(14)8-6-10/h10H,2-9H2,1H3. The molecule has 0 heterocycles. The molecule has 2 aliphatic carbocycles. The van der Waals surface area contributed by atoms with E-state index >= 15 is 0 Å². The van der Waals surface area contributed by atoms with E-state index in [2.05, 4.69) is 0 Å². The molecule has 15 heavy (non-hydrogen) atoms. The molecule has 0 saturated carbocycles. The predicted octanol–water partition coefficient (Wildman–Crippen LogP) is 3.22. The van der Waals surface area contributed by atoms with Crippen molar-refractivity contribution in [3.63, 3.8) is 0 Å². The van der Waals surface area contributed by atoms with E-state index in [1.54, 1.807) is 0 Å². The van der Waals surface area contributed by atoms with Gasteiger partial charge in [-0.2, -0.15) is 0 Å². The van der Waals surface area contributed by atoms with Gasteiger partial charge in [0.15, 0.2) is 0 Å². The van der Waals surface area contributed by atoms with Crippen LogP contribution in [0, 0.1) is 5.92 Å². The fourth-order valence-corrected chi connectivity index (χ4v) is 2.75. The molecule has 2 heteroatoms. The van der Waals surface area contributed by atoms with Crippen molar-refractivity contribution in [2.75, 3.05) is 6.61 Å². The molecule has 0 spiro atoms. The van der Waals surface area contributed by atoms with Gasteiger partial charge in [0.05, 0.1) is 12.4 Å². The van der Waals surface area contributed by atoms with Gasteiger partial charge in [-0.05, 0) is 44.6 Å². The van der Waals surface area contributed by atoms with Crippen LogP contribution in [0.1, 0.15) is 51.9 Å². The Balaban J connectivity index is 2.19. The summed E-state index contributed by atoms with van der Waals surface area (Å²) in [6.07, 6.45) is 7.10. The molecule has 0 aromatic carbocycles. The van der Waals surface area contributed by atoms with Crippen LogP contribution < -0.4 is 0 Å². The summed E-state index contributed by atoms with van der Waals surface area (Å²) in [4.78, 5) is 11.5. The second-order valence-corrected chi connectivity index (χ2v) is 4.57. The lowest BCUT2D eigenvalue weighted by atomic mass is 9.81. The van der Waals surface area contributed by atoms with Crippen molar-refractivity contribution in [3.8, 4) is 0 Å². The summed E-state index contributed by atoms with van der Waals surface area (Å²) < 4.78 is 5.79. The van der Waals surface area contributed by atoms with Gasteiger partial charge in [0.25, 0.3) is 0 Å².